The van der Waals surface area contributed by atoms with Crippen LogP contribution in [0.1, 0.15) is 10.7 Å². The zero-order chi connectivity index (χ0) is 9.19. The number of hydrogen-bond acceptors (Lipinski definition) is 3. The van der Waals surface area contributed by atoms with Gasteiger partial charge in [-0.2, -0.15) is 13.2 Å². The summed E-state index contributed by atoms with van der Waals surface area (Å²) in [7, 11) is 0. The van der Waals surface area contributed by atoms with Crippen molar-refractivity contribution >= 4 is 23.7 Å². The third kappa shape index (κ3) is 3.50. The number of halogens is 4. The summed E-state index contributed by atoms with van der Waals surface area (Å²) in [4.78, 5) is 3.38. The maximum Gasteiger partial charge on any atom is 0.443 e. The molecule has 2 nitrogen and oxygen atoms in total. The number of nitrogens with zero attached hydrogens (tertiary/aromatic N) is 1. The topological polar surface area (TPSA) is 38.9 Å². The van der Waals surface area contributed by atoms with Gasteiger partial charge in [-0.05, 0) is 6.54 Å². The van der Waals surface area contributed by atoms with Crippen LogP contribution in [0.3, 0.4) is 0 Å². The van der Waals surface area contributed by atoms with Gasteiger partial charge in [0, 0.05) is 11.8 Å². The van der Waals surface area contributed by atoms with E-state index in [-0.39, 0.29) is 12.4 Å². The van der Waals surface area contributed by atoms with Crippen molar-refractivity contribution in [2.45, 2.75) is 12.6 Å². The summed E-state index contributed by atoms with van der Waals surface area (Å²) < 4.78 is 35.9. The first-order chi connectivity index (χ1) is 5.54. The monoisotopic (exact) mass is 232 g/mol. The van der Waals surface area contributed by atoms with Gasteiger partial charge in [-0.3, -0.25) is 0 Å². The molecule has 0 bridgehead atoms. The molecule has 0 spiro atoms. The minimum atomic E-state index is -4.32. The molecular weight excluding hydrogens is 225 g/mol. The molecule has 0 aliphatic carbocycles. The Bertz CT molecular complexity index is 261. The Hall–Kier alpha value is -0.330. The molecule has 0 fully saturated rings. The summed E-state index contributed by atoms with van der Waals surface area (Å²) in [5.41, 5.74) is 5.57. The number of nitrogens with two attached hydrogens (primary N) is 1. The van der Waals surface area contributed by atoms with Crippen LogP contribution in [0.4, 0.5) is 13.2 Å². The van der Waals surface area contributed by atoms with Crippen LogP contribution in [-0.2, 0) is 12.6 Å². The van der Waals surface area contributed by atoms with E-state index in [9.17, 15) is 13.2 Å². The fourth-order valence-electron chi connectivity index (χ4n) is 0.700. The molecule has 1 rings (SSSR count). The molecule has 1 heterocycles. The molecule has 0 unspecified atom stereocenters. The van der Waals surface area contributed by atoms with Gasteiger partial charge in [0.15, 0.2) is 5.01 Å². The van der Waals surface area contributed by atoms with E-state index in [0.717, 1.165) is 0 Å². The normalized spacial score (nSPS) is 11.1. The average Bonchev–Trinajstić information content (AvgIpc) is 2.35. The lowest BCUT2D eigenvalue weighted by Crippen LogP contribution is -2.06. The first-order valence-electron chi connectivity index (χ1n) is 3.25. The zero-order valence-corrected chi connectivity index (χ0v) is 8.10. The Morgan fingerprint density at radius 1 is 1.46 bits per heavy atom. The summed E-state index contributed by atoms with van der Waals surface area (Å²) >= 11 is 0.605. The molecule has 0 radical (unpaired) electrons. The molecule has 7 heteroatoms. The predicted molar refractivity (Wildman–Crippen MR) is 47.1 cm³/mol. The second-order valence-electron chi connectivity index (χ2n) is 2.18. The van der Waals surface area contributed by atoms with Gasteiger partial charge in [-0.15, -0.1) is 23.7 Å². The van der Waals surface area contributed by atoms with E-state index in [1.807, 2.05) is 0 Å². The smallest absolute Gasteiger partial charge is 0.330 e. The van der Waals surface area contributed by atoms with Crippen molar-refractivity contribution in [2.24, 2.45) is 5.73 Å². The maximum absolute atomic E-state index is 12.0. The first-order valence-corrected chi connectivity index (χ1v) is 4.13. The molecule has 2 N–H and O–H groups in total. The summed E-state index contributed by atoms with van der Waals surface area (Å²) in [6.45, 7) is 0.320. The van der Waals surface area contributed by atoms with E-state index in [4.69, 9.17) is 5.73 Å². The van der Waals surface area contributed by atoms with E-state index in [1.165, 1.54) is 5.38 Å². The van der Waals surface area contributed by atoms with Gasteiger partial charge in [0.1, 0.15) is 0 Å². The predicted octanol–water partition coefficient (Wildman–Crippen LogP) is 2.08. The third-order valence-electron chi connectivity index (χ3n) is 1.19. The SMILES string of the molecule is Cl.NCCc1csc(C(F)(F)F)n1. The molecule has 0 aliphatic rings. The third-order valence-corrected chi connectivity index (χ3v) is 2.13. The minimum absolute atomic E-state index is 0. The van der Waals surface area contributed by atoms with Crippen molar-refractivity contribution in [3.05, 3.63) is 16.1 Å². The van der Waals surface area contributed by atoms with Crippen molar-refractivity contribution in [1.29, 1.82) is 0 Å². The van der Waals surface area contributed by atoms with Crippen molar-refractivity contribution in [3.8, 4) is 0 Å². The molecule has 0 saturated carbocycles. The summed E-state index contributed by atoms with van der Waals surface area (Å²) in [6.07, 6.45) is -3.93. The highest BCUT2D eigenvalue weighted by atomic mass is 35.5. The van der Waals surface area contributed by atoms with Crippen LogP contribution in [0.15, 0.2) is 5.38 Å². The molecule has 0 saturated heterocycles. The highest BCUT2D eigenvalue weighted by Crippen LogP contribution is 2.31. The average molecular weight is 233 g/mol. The summed E-state index contributed by atoms with van der Waals surface area (Å²) in [5.74, 6) is 0. The first kappa shape index (κ1) is 12.7. The van der Waals surface area contributed by atoms with Crippen molar-refractivity contribution < 1.29 is 13.2 Å². The van der Waals surface area contributed by atoms with Crippen LogP contribution in [-0.4, -0.2) is 11.5 Å². The second kappa shape index (κ2) is 4.78. The van der Waals surface area contributed by atoms with E-state index < -0.39 is 11.2 Å². The highest BCUT2D eigenvalue weighted by Gasteiger charge is 2.34. The van der Waals surface area contributed by atoms with E-state index >= 15 is 0 Å². The Kier molecular flexibility index (Phi) is 4.66. The van der Waals surface area contributed by atoms with Gasteiger partial charge >= 0.3 is 6.18 Å². The van der Waals surface area contributed by atoms with E-state index in [1.54, 1.807) is 0 Å². The largest absolute Gasteiger partial charge is 0.443 e. The van der Waals surface area contributed by atoms with Gasteiger partial charge in [0.05, 0.1) is 5.69 Å². The van der Waals surface area contributed by atoms with Crippen LogP contribution in [0.25, 0.3) is 0 Å². The number of hydrogen-bond donors (Lipinski definition) is 1. The lowest BCUT2D eigenvalue weighted by atomic mass is 10.3. The molecule has 1 aromatic rings. The van der Waals surface area contributed by atoms with Gasteiger partial charge in [-0.25, -0.2) is 4.98 Å². The van der Waals surface area contributed by atoms with Gasteiger partial charge in [-0.1, -0.05) is 0 Å². The lowest BCUT2D eigenvalue weighted by molar-refractivity contribution is -0.137. The molecule has 0 amide bonds. The zero-order valence-electron chi connectivity index (χ0n) is 6.47. The quantitative estimate of drug-likeness (QED) is 0.848. The minimum Gasteiger partial charge on any atom is -0.330 e. The molecule has 1 aromatic heterocycles. The molecular formula is C6H8ClF3N2S. The molecule has 0 aliphatic heterocycles. The highest BCUT2D eigenvalue weighted by molar-refractivity contribution is 7.09. The van der Waals surface area contributed by atoms with Crippen LogP contribution in [0, 0.1) is 0 Å². The second-order valence-corrected chi connectivity index (χ2v) is 3.04. The van der Waals surface area contributed by atoms with Crippen molar-refractivity contribution in [2.75, 3.05) is 6.54 Å². The summed E-state index contributed by atoms with van der Waals surface area (Å²) in [5, 5.41) is 0.585. The van der Waals surface area contributed by atoms with Crippen LogP contribution in [0.2, 0.25) is 0 Å². The van der Waals surface area contributed by atoms with Crippen LogP contribution >= 0.6 is 23.7 Å². The Morgan fingerprint density at radius 3 is 2.46 bits per heavy atom. The van der Waals surface area contributed by atoms with E-state index in [0.29, 0.717) is 30.0 Å². The van der Waals surface area contributed by atoms with Crippen LogP contribution in [0.5, 0.6) is 0 Å². The Balaban J connectivity index is 0.00000144. The van der Waals surface area contributed by atoms with Crippen molar-refractivity contribution in [3.63, 3.8) is 0 Å². The number of rotatable bonds is 2. The van der Waals surface area contributed by atoms with Crippen LogP contribution < -0.4 is 5.73 Å². The number of alkyl halides is 3. The van der Waals surface area contributed by atoms with Gasteiger partial charge < -0.3 is 5.73 Å². The Labute approximate surface area is 83.4 Å². The van der Waals surface area contributed by atoms with Crippen molar-refractivity contribution in [1.82, 2.24) is 4.98 Å². The fourth-order valence-corrected chi connectivity index (χ4v) is 1.42. The van der Waals surface area contributed by atoms with Gasteiger partial charge in [0.25, 0.3) is 0 Å². The van der Waals surface area contributed by atoms with Gasteiger partial charge in [0.2, 0.25) is 0 Å². The number of aromatic nitrogens is 1. The lowest BCUT2D eigenvalue weighted by Gasteiger charge is -1.98. The Morgan fingerprint density at radius 2 is 2.08 bits per heavy atom. The molecule has 13 heavy (non-hydrogen) atoms. The molecule has 76 valence electrons. The standard InChI is InChI=1S/C6H7F3N2S.ClH/c7-6(8,9)5-11-4(1-2-10)3-12-5;/h3H,1-2,10H2;1H. The number of thiazole rings is 1. The summed E-state index contributed by atoms with van der Waals surface area (Å²) in [6, 6.07) is 0. The van der Waals surface area contributed by atoms with E-state index in [2.05, 4.69) is 4.98 Å². The molecule has 0 aromatic carbocycles. The molecule has 0 atom stereocenters. The fraction of sp³-hybridized carbons (Fsp3) is 0.500. The maximum atomic E-state index is 12.0.